The van der Waals surface area contributed by atoms with Gasteiger partial charge in [0.25, 0.3) is 0 Å². The van der Waals surface area contributed by atoms with Crippen molar-refractivity contribution in [2.45, 2.75) is 13.0 Å². The summed E-state index contributed by atoms with van der Waals surface area (Å²) in [7, 11) is 3.37. The number of benzene rings is 1. The highest BCUT2D eigenvalue weighted by Crippen LogP contribution is 2.33. The molecule has 1 aromatic carbocycles. The van der Waals surface area contributed by atoms with Gasteiger partial charge in [-0.25, -0.2) is 4.79 Å². The van der Waals surface area contributed by atoms with Gasteiger partial charge in [0.05, 0.1) is 11.6 Å². The molecule has 1 unspecified atom stereocenters. The minimum Gasteiger partial charge on any atom is -0.508 e. The van der Waals surface area contributed by atoms with Crippen LogP contribution < -0.4 is 0 Å². The van der Waals surface area contributed by atoms with Crippen LogP contribution in [0.5, 0.6) is 17.2 Å². The molecule has 0 aliphatic carbocycles. The summed E-state index contributed by atoms with van der Waals surface area (Å²) in [6.45, 7) is 1.83. The molecule has 0 bridgehead atoms. The topological polar surface area (TPSA) is 84.2 Å². The smallest absolute Gasteiger partial charge is 0.324 e. The lowest BCUT2D eigenvalue weighted by molar-refractivity contribution is 0.173. The molecule has 1 aliphatic rings. The first-order valence-electron chi connectivity index (χ1n) is 6.43. The van der Waals surface area contributed by atoms with E-state index in [0.717, 1.165) is 17.8 Å². The van der Waals surface area contributed by atoms with E-state index in [4.69, 9.17) is 0 Å². The number of urea groups is 1. The molecule has 0 saturated heterocycles. The quantitative estimate of drug-likeness (QED) is 0.778. The number of nitrogens with zero attached hydrogens (tertiary/aromatic N) is 2. The Morgan fingerprint density at radius 1 is 1.14 bits per heavy atom. The molecule has 1 heterocycles. The van der Waals surface area contributed by atoms with Crippen LogP contribution in [-0.4, -0.2) is 51.3 Å². The molecule has 2 amide bonds. The lowest BCUT2D eigenvalue weighted by atomic mass is 10.1. The fourth-order valence-electron chi connectivity index (χ4n) is 2.14. The van der Waals surface area contributed by atoms with Gasteiger partial charge in [-0.1, -0.05) is 6.08 Å². The van der Waals surface area contributed by atoms with E-state index in [1.54, 1.807) is 25.1 Å². The molecule has 0 radical (unpaired) electrons. The summed E-state index contributed by atoms with van der Waals surface area (Å²) in [5.74, 6) is -0.679. The summed E-state index contributed by atoms with van der Waals surface area (Å²) >= 11 is 0. The normalized spacial score (nSPS) is 19.3. The van der Waals surface area contributed by atoms with E-state index in [9.17, 15) is 20.1 Å². The van der Waals surface area contributed by atoms with Crippen LogP contribution in [0.25, 0.3) is 6.08 Å². The largest absolute Gasteiger partial charge is 0.508 e. The van der Waals surface area contributed by atoms with Crippen molar-refractivity contribution in [3.8, 4) is 17.2 Å². The molecular formula is C15H18N2O4. The SMILES string of the molecule is CC1=CC(C=Cc2c(O)cc(O)cc2O)N(C)C(=O)N1C. The van der Waals surface area contributed by atoms with Crippen molar-refractivity contribution >= 4 is 12.1 Å². The molecule has 6 nitrogen and oxygen atoms in total. The van der Waals surface area contributed by atoms with Crippen molar-refractivity contribution in [2.24, 2.45) is 0 Å². The molecule has 3 N–H and O–H groups in total. The summed E-state index contributed by atoms with van der Waals surface area (Å²) < 4.78 is 0. The number of rotatable bonds is 2. The maximum absolute atomic E-state index is 12.0. The van der Waals surface area contributed by atoms with Crippen molar-refractivity contribution < 1.29 is 20.1 Å². The van der Waals surface area contributed by atoms with Crippen molar-refractivity contribution in [1.82, 2.24) is 9.80 Å². The lowest BCUT2D eigenvalue weighted by Crippen LogP contribution is -2.46. The van der Waals surface area contributed by atoms with Gasteiger partial charge in [-0.2, -0.15) is 0 Å². The average Bonchev–Trinajstić information content (AvgIpc) is 2.40. The third-order valence-electron chi connectivity index (χ3n) is 3.56. The monoisotopic (exact) mass is 290 g/mol. The number of carbonyl (C=O) groups is 1. The third-order valence-corrected chi connectivity index (χ3v) is 3.56. The first-order valence-corrected chi connectivity index (χ1v) is 6.43. The first-order chi connectivity index (χ1) is 9.81. The number of phenols is 3. The van der Waals surface area contributed by atoms with E-state index in [2.05, 4.69) is 0 Å². The molecule has 2 rings (SSSR count). The number of phenolic OH excluding ortho intramolecular Hbond substituents is 3. The predicted octanol–water partition coefficient (Wildman–Crippen LogP) is 2.09. The van der Waals surface area contributed by atoms with Gasteiger partial charge < -0.3 is 25.1 Å². The van der Waals surface area contributed by atoms with Gasteiger partial charge in [-0.3, -0.25) is 0 Å². The molecule has 112 valence electrons. The van der Waals surface area contributed by atoms with Crippen LogP contribution in [0, 0.1) is 0 Å². The molecule has 0 fully saturated rings. The van der Waals surface area contributed by atoms with Crippen LogP contribution in [0.1, 0.15) is 12.5 Å². The van der Waals surface area contributed by atoms with Gasteiger partial charge >= 0.3 is 6.03 Å². The van der Waals surface area contributed by atoms with Crippen LogP contribution in [0.15, 0.2) is 30.0 Å². The number of allylic oxidation sites excluding steroid dienone is 1. The number of carbonyl (C=O) groups excluding carboxylic acids is 1. The molecule has 0 aromatic heterocycles. The zero-order valence-corrected chi connectivity index (χ0v) is 12.1. The average molecular weight is 290 g/mol. The Morgan fingerprint density at radius 3 is 2.29 bits per heavy atom. The molecule has 1 aromatic rings. The van der Waals surface area contributed by atoms with Gasteiger partial charge in [0.2, 0.25) is 0 Å². The van der Waals surface area contributed by atoms with Crippen LogP contribution >= 0.6 is 0 Å². The number of likely N-dealkylation sites (N-methyl/N-ethyl adjacent to an activating group) is 1. The Bertz CT molecular complexity index is 614. The Morgan fingerprint density at radius 2 is 1.71 bits per heavy atom. The minimum absolute atomic E-state index is 0.135. The Hall–Kier alpha value is -2.63. The Labute approximate surface area is 122 Å². The van der Waals surface area contributed by atoms with Gasteiger partial charge in [0.15, 0.2) is 0 Å². The number of hydrogen-bond acceptors (Lipinski definition) is 4. The van der Waals surface area contributed by atoms with Gasteiger partial charge in [-0.05, 0) is 19.1 Å². The van der Waals surface area contributed by atoms with Gasteiger partial charge in [-0.15, -0.1) is 0 Å². The Balaban J connectivity index is 2.32. The van der Waals surface area contributed by atoms with Crippen molar-refractivity contribution in [3.05, 3.63) is 35.5 Å². The van der Waals surface area contributed by atoms with Crippen molar-refractivity contribution in [3.63, 3.8) is 0 Å². The summed E-state index contributed by atoms with van der Waals surface area (Å²) in [4.78, 5) is 15.1. The molecular weight excluding hydrogens is 272 g/mol. The number of aromatic hydroxyl groups is 3. The highest BCUT2D eigenvalue weighted by molar-refractivity contribution is 5.78. The fourth-order valence-corrected chi connectivity index (χ4v) is 2.14. The second-order valence-corrected chi connectivity index (χ2v) is 5.01. The zero-order chi connectivity index (χ0) is 15.7. The predicted molar refractivity (Wildman–Crippen MR) is 78.9 cm³/mol. The second kappa shape index (κ2) is 5.40. The highest BCUT2D eigenvalue weighted by atomic mass is 16.3. The van der Waals surface area contributed by atoms with Crippen molar-refractivity contribution in [1.29, 1.82) is 0 Å². The van der Waals surface area contributed by atoms with Crippen LogP contribution in [0.4, 0.5) is 4.79 Å². The van der Waals surface area contributed by atoms with Gasteiger partial charge in [0, 0.05) is 31.9 Å². The second-order valence-electron chi connectivity index (χ2n) is 5.01. The minimum atomic E-state index is -0.277. The van der Waals surface area contributed by atoms with Crippen LogP contribution in [0.2, 0.25) is 0 Å². The van der Waals surface area contributed by atoms with Crippen LogP contribution in [0.3, 0.4) is 0 Å². The number of amides is 2. The molecule has 6 heteroatoms. The first kappa shape index (κ1) is 14.8. The molecule has 1 atom stereocenters. The summed E-state index contributed by atoms with van der Waals surface area (Å²) in [5, 5.41) is 28.7. The Kier molecular flexibility index (Phi) is 3.80. The van der Waals surface area contributed by atoms with Crippen molar-refractivity contribution in [2.75, 3.05) is 14.1 Å². The maximum atomic E-state index is 12.0. The standard InChI is InChI=1S/C15H18N2O4/c1-9-6-10(17(3)15(21)16(9)2)4-5-12-13(19)7-11(18)8-14(12)20/h4-8,10,18-20H,1-3H3. The van der Waals surface area contributed by atoms with Gasteiger partial charge in [0.1, 0.15) is 17.2 Å². The van der Waals surface area contributed by atoms with Crippen LogP contribution in [-0.2, 0) is 0 Å². The van der Waals surface area contributed by atoms with E-state index in [-0.39, 0.29) is 34.9 Å². The molecule has 0 spiro atoms. The zero-order valence-electron chi connectivity index (χ0n) is 12.1. The molecule has 21 heavy (non-hydrogen) atoms. The maximum Gasteiger partial charge on any atom is 0.324 e. The highest BCUT2D eigenvalue weighted by Gasteiger charge is 2.25. The van der Waals surface area contributed by atoms with E-state index >= 15 is 0 Å². The summed E-state index contributed by atoms with van der Waals surface area (Å²) in [5.41, 5.74) is 1.02. The van der Waals surface area contributed by atoms with E-state index in [1.165, 1.54) is 11.0 Å². The summed E-state index contributed by atoms with van der Waals surface area (Å²) in [6, 6.07) is 1.87. The number of hydrogen-bond donors (Lipinski definition) is 3. The van der Waals surface area contributed by atoms with E-state index in [1.807, 2.05) is 13.0 Å². The lowest BCUT2D eigenvalue weighted by Gasteiger charge is -2.34. The van der Waals surface area contributed by atoms with E-state index in [0.29, 0.717) is 0 Å². The molecule has 0 saturated carbocycles. The third kappa shape index (κ3) is 2.79. The summed E-state index contributed by atoms with van der Waals surface area (Å²) in [6.07, 6.45) is 5.11. The molecule has 1 aliphatic heterocycles. The van der Waals surface area contributed by atoms with E-state index < -0.39 is 0 Å². The fraction of sp³-hybridized carbons (Fsp3) is 0.267.